The molecule has 120 valence electrons. The molecule has 0 N–H and O–H groups in total. The first-order valence-corrected chi connectivity index (χ1v) is 7.86. The lowest BCUT2D eigenvalue weighted by Gasteiger charge is -1.95. The van der Waals surface area contributed by atoms with Crippen molar-refractivity contribution in [2.45, 2.75) is 6.54 Å². The molecule has 0 spiro atoms. The molecule has 1 aromatic carbocycles. The Labute approximate surface area is 138 Å². The second-order valence-corrected chi connectivity index (χ2v) is 5.86. The Bertz CT molecular complexity index is 1030. The lowest BCUT2D eigenvalue weighted by Crippen LogP contribution is -2.24. The van der Waals surface area contributed by atoms with Gasteiger partial charge in [-0.1, -0.05) is 6.07 Å². The maximum atomic E-state index is 13.3. The van der Waals surface area contributed by atoms with Crippen LogP contribution in [0.15, 0.2) is 57.3 Å². The molecule has 0 fully saturated rings. The average Bonchev–Trinajstić information content (AvgIpc) is 3.30. The number of oxazole rings is 1. The van der Waals surface area contributed by atoms with Crippen LogP contribution in [0.5, 0.6) is 0 Å². The van der Waals surface area contributed by atoms with Crippen molar-refractivity contribution in [3.05, 3.63) is 70.0 Å². The number of halogens is 1. The fourth-order valence-corrected chi connectivity index (χ4v) is 2.86. The summed E-state index contributed by atoms with van der Waals surface area (Å²) >= 11 is 1.39. The van der Waals surface area contributed by atoms with Crippen LogP contribution in [0, 0.1) is 5.82 Å². The van der Waals surface area contributed by atoms with Crippen LogP contribution in [0.2, 0.25) is 0 Å². The van der Waals surface area contributed by atoms with E-state index in [0.717, 1.165) is 0 Å². The number of rotatable bonds is 4. The van der Waals surface area contributed by atoms with E-state index in [1.807, 2.05) is 11.4 Å². The summed E-state index contributed by atoms with van der Waals surface area (Å²) in [4.78, 5) is 16.6. The fraction of sp³-hybridized carbons (Fsp3) is 0.0667. The van der Waals surface area contributed by atoms with E-state index in [2.05, 4.69) is 15.4 Å². The third kappa shape index (κ3) is 2.65. The van der Waals surface area contributed by atoms with Gasteiger partial charge in [-0.2, -0.15) is 9.36 Å². The molecule has 0 aliphatic carbocycles. The zero-order valence-corrected chi connectivity index (χ0v) is 13.0. The van der Waals surface area contributed by atoms with Gasteiger partial charge < -0.3 is 4.42 Å². The minimum atomic E-state index is -0.373. The Morgan fingerprint density at radius 2 is 2.12 bits per heavy atom. The molecule has 0 radical (unpaired) electrons. The molecular weight excluding hydrogens is 333 g/mol. The third-order valence-corrected chi connectivity index (χ3v) is 4.13. The highest BCUT2D eigenvalue weighted by Crippen LogP contribution is 2.19. The molecule has 0 aliphatic heterocycles. The fourth-order valence-electron chi connectivity index (χ4n) is 2.19. The van der Waals surface area contributed by atoms with Gasteiger partial charge in [0.2, 0.25) is 5.89 Å². The second kappa shape index (κ2) is 5.85. The van der Waals surface area contributed by atoms with Gasteiger partial charge >= 0.3 is 5.69 Å². The minimum absolute atomic E-state index is 0.114. The summed E-state index contributed by atoms with van der Waals surface area (Å²) in [6, 6.07) is 9.55. The van der Waals surface area contributed by atoms with Crippen LogP contribution >= 0.6 is 11.3 Å². The summed E-state index contributed by atoms with van der Waals surface area (Å²) in [6.45, 7) is 0.114. The van der Waals surface area contributed by atoms with Gasteiger partial charge in [-0.05, 0) is 46.1 Å². The summed E-state index contributed by atoms with van der Waals surface area (Å²) in [6.07, 6.45) is 1.41. The summed E-state index contributed by atoms with van der Waals surface area (Å²) < 4.78 is 21.0. The van der Waals surface area contributed by atoms with E-state index in [1.54, 1.807) is 18.2 Å². The molecule has 4 rings (SSSR count). The molecule has 0 unspecified atom stereocenters. The van der Waals surface area contributed by atoms with Crippen molar-refractivity contribution >= 4 is 11.3 Å². The van der Waals surface area contributed by atoms with Crippen LogP contribution in [0.25, 0.3) is 16.5 Å². The molecule has 0 atom stereocenters. The molecular formula is C15H10FN5O2S. The summed E-state index contributed by atoms with van der Waals surface area (Å²) in [5, 5.41) is 10.2. The quantitative estimate of drug-likeness (QED) is 0.568. The molecule has 3 aromatic heterocycles. The first-order valence-electron chi connectivity index (χ1n) is 6.98. The number of tetrazole rings is 1. The van der Waals surface area contributed by atoms with E-state index in [9.17, 15) is 9.18 Å². The zero-order chi connectivity index (χ0) is 16.5. The average molecular weight is 343 g/mol. The first kappa shape index (κ1) is 14.5. The first-order chi connectivity index (χ1) is 11.7. The monoisotopic (exact) mass is 343 g/mol. The predicted octanol–water partition coefficient (Wildman–Crippen LogP) is 2.33. The molecule has 0 aliphatic rings. The van der Waals surface area contributed by atoms with E-state index in [-0.39, 0.29) is 23.9 Å². The van der Waals surface area contributed by atoms with Crippen molar-refractivity contribution in [2.75, 3.05) is 0 Å². The normalized spacial score (nSPS) is 11.0. The lowest BCUT2D eigenvalue weighted by atomic mass is 10.2. The molecule has 3 heterocycles. The highest BCUT2D eigenvalue weighted by molar-refractivity contribution is 7.12. The summed E-state index contributed by atoms with van der Waals surface area (Å²) in [5.41, 5.74) is 0.651. The maximum Gasteiger partial charge on any atom is 0.369 e. The van der Waals surface area contributed by atoms with Crippen LogP contribution in [-0.4, -0.2) is 24.8 Å². The Kier molecular flexibility index (Phi) is 3.54. The number of hydrogen-bond acceptors (Lipinski definition) is 6. The topological polar surface area (TPSA) is 78.7 Å². The molecule has 7 nitrogen and oxygen atoms in total. The van der Waals surface area contributed by atoms with Gasteiger partial charge in [0.05, 0.1) is 6.54 Å². The van der Waals surface area contributed by atoms with E-state index in [1.165, 1.54) is 39.1 Å². The van der Waals surface area contributed by atoms with Crippen molar-refractivity contribution in [2.24, 2.45) is 0 Å². The van der Waals surface area contributed by atoms with Crippen LogP contribution in [0.3, 0.4) is 0 Å². The molecule has 0 saturated heterocycles. The highest BCUT2D eigenvalue weighted by atomic mass is 32.1. The molecule has 0 bridgehead atoms. The standard InChI is InChI=1S/C15H10FN5O2S/c16-11-4-1-3-10(7-11)14-17-12(9-23-14)8-20-15(22)21(19-18-20)13-5-2-6-24-13/h1-7,9H,8H2. The highest BCUT2D eigenvalue weighted by Gasteiger charge is 2.13. The van der Waals surface area contributed by atoms with E-state index >= 15 is 0 Å². The number of hydrogen-bond donors (Lipinski definition) is 0. The third-order valence-electron chi connectivity index (χ3n) is 3.29. The summed E-state index contributed by atoms with van der Waals surface area (Å²) in [7, 11) is 0. The van der Waals surface area contributed by atoms with Gasteiger partial charge in [0.15, 0.2) is 0 Å². The van der Waals surface area contributed by atoms with Gasteiger partial charge in [0.1, 0.15) is 22.8 Å². The van der Waals surface area contributed by atoms with Crippen LogP contribution in [-0.2, 0) is 6.54 Å². The maximum absolute atomic E-state index is 13.3. The van der Waals surface area contributed by atoms with E-state index < -0.39 is 0 Å². The molecule has 9 heteroatoms. The molecule has 0 saturated carbocycles. The van der Waals surface area contributed by atoms with Crippen molar-refractivity contribution in [1.82, 2.24) is 24.8 Å². The van der Waals surface area contributed by atoms with Crippen molar-refractivity contribution in [3.63, 3.8) is 0 Å². The Morgan fingerprint density at radius 1 is 1.21 bits per heavy atom. The number of thiophene rings is 1. The van der Waals surface area contributed by atoms with Gasteiger partial charge in [-0.15, -0.1) is 11.3 Å². The predicted molar refractivity (Wildman–Crippen MR) is 84.5 cm³/mol. The SMILES string of the molecule is O=c1n(Cc2coc(-c3cccc(F)c3)n2)nnn1-c1cccs1. The van der Waals surface area contributed by atoms with E-state index in [0.29, 0.717) is 16.3 Å². The van der Waals surface area contributed by atoms with Crippen LogP contribution in [0.4, 0.5) is 4.39 Å². The van der Waals surface area contributed by atoms with Gasteiger partial charge in [0, 0.05) is 5.56 Å². The molecule has 4 aromatic rings. The second-order valence-electron chi connectivity index (χ2n) is 4.94. The van der Waals surface area contributed by atoms with Crippen LogP contribution in [0.1, 0.15) is 5.69 Å². The van der Waals surface area contributed by atoms with Crippen molar-refractivity contribution in [3.8, 4) is 16.5 Å². The smallest absolute Gasteiger partial charge is 0.369 e. The lowest BCUT2D eigenvalue weighted by molar-refractivity contribution is 0.565. The van der Waals surface area contributed by atoms with Gasteiger partial charge in [0.25, 0.3) is 0 Å². The van der Waals surface area contributed by atoms with Crippen molar-refractivity contribution in [1.29, 1.82) is 0 Å². The number of benzene rings is 1. The summed E-state index contributed by atoms with van der Waals surface area (Å²) in [5.74, 6) is -0.0921. The molecule has 0 amide bonds. The largest absolute Gasteiger partial charge is 0.444 e. The Balaban J connectivity index is 1.60. The zero-order valence-electron chi connectivity index (χ0n) is 12.2. The molecule has 24 heavy (non-hydrogen) atoms. The Hall–Kier alpha value is -3.07. The number of aromatic nitrogens is 5. The van der Waals surface area contributed by atoms with E-state index in [4.69, 9.17) is 4.42 Å². The van der Waals surface area contributed by atoms with Crippen LogP contribution < -0.4 is 5.69 Å². The minimum Gasteiger partial charge on any atom is -0.444 e. The van der Waals surface area contributed by atoms with Gasteiger partial charge in [-0.25, -0.2) is 14.2 Å². The van der Waals surface area contributed by atoms with Gasteiger partial charge in [-0.3, -0.25) is 0 Å². The van der Waals surface area contributed by atoms with Crippen molar-refractivity contribution < 1.29 is 8.81 Å². The number of nitrogens with zero attached hydrogens (tertiary/aromatic N) is 5. The Morgan fingerprint density at radius 3 is 2.92 bits per heavy atom.